The summed E-state index contributed by atoms with van der Waals surface area (Å²) in [6, 6.07) is 5.26. The SMILES string of the molecule is COc1cnn(-c2ccc(SC(F)(F)F)cc2)c(=O)c1OC. The largest absolute Gasteiger partial charge is 0.491 e. The maximum atomic E-state index is 12.3. The number of ether oxygens (including phenoxy) is 2. The van der Waals surface area contributed by atoms with Gasteiger partial charge in [-0.2, -0.15) is 23.0 Å². The first-order valence-electron chi connectivity index (χ1n) is 5.92. The number of alkyl halides is 3. The second-order valence-corrected chi connectivity index (χ2v) is 5.14. The second-order valence-electron chi connectivity index (χ2n) is 4.00. The highest BCUT2D eigenvalue weighted by molar-refractivity contribution is 8.00. The molecule has 0 aliphatic carbocycles. The van der Waals surface area contributed by atoms with Crippen LogP contribution >= 0.6 is 11.8 Å². The fraction of sp³-hybridized carbons (Fsp3) is 0.231. The lowest BCUT2D eigenvalue weighted by Crippen LogP contribution is -2.22. The molecule has 0 saturated heterocycles. The van der Waals surface area contributed by atoms with Crippen molar-refractivity contribution in [2.24, 2.45) is 0 Å². The van der Waals surface area contributed by atoms with Gasteiger partial charge in [-0.3, -0.25) is 4.79 Å². The van der Waals surface area contributed by atoms with Crippen LogP contribution in [0.25, 0.3) is 5.69 Å². The summed E-state index contributed by atoms with van der Waals surface area (Å²) in [5.41, 5.74) is -4.62. The van der Waals surface area contributed by atoms with Gasteiger partial charge in [-0.25, -0.2) is 0 Å². The Hall–Kier alpha value is -2.16. The number of aromatic nitrogens is 2. The lowest BCUT2D eigenvalue weighted by molar-refractivity contribution is -0.0328. The van der Waals surface area contributed by atoms with Gasteiger partial charge in [-0.15, -0.1) is 0 Å². The molecule has 1 aromatic carbocycles. The minimum Gasteiger partial charge on any atom is -0.491 e. The van der Waals surface area contributed by atoms with Crippen molar-refractivity contribution in [3.05, 3.63) is 40.8 Å². The molecule has 0 N–H and O–H groups in total. The summed E-state index contributed by atoms with van der Waals surface area (Å²) in [5, 5.41) is 3.90. The summed E-state index contributed by atoms with van der Waals surface area (Å²) < 4.78 is 47.8. The van der Waals surface area contributed by atoms with Crippen molar-refractivity contribution < 1.29 is 22.6 Å². The van der Waals surface area contributed by atoms with Gasteiger partial charge in [0.1, 0.15) is 0 Å². The molecule has 0 saturated carbocycles. The number of benzene rings is 1. The average Bonchev–Trinajstić information content (AvgIpc) is 2.46. The summed E-state index contributed by atoms with van der Waals surface area (Å²) in [7, 11) is 2.68. The molecule has 0 spiro atoms. The van der Waals surface area contributed by atoms with Gasteiger partial charge in [0.2, 0.25) is 5.75 Å². The molecule has 0 amide bonds. The molecule has 1 heterocycles. The van der Waals surface area contributed by atoms with E-state index in [0.717, 1.165) is 4.68 Å². The number of methoxy groups -OCH3 is 2. The molecule has 22 heavy (non-hydrogen) atoms. The fourth-order valence-electron chi connectivity index (χ4n) is 1.73. The summed E-state index contributed by atoms with van der Waals surface area (Å²) in [5.74, 6) is 0.138. The van der Waals surface area contributed by atoms with Crippen molar-refractivity contribution in [1.82, 2.24) is 9.78 Å². The molecule has 2 rings (SSSR count). The lowest BCUT2D eigenvalue weighted by atomic mass is 10.3. The van der Waals surface area contributed by atoms with E-state index in [4.69, 9.17) is 9.47 Å². The predicted octanol–water partition coefficient (Wildman–Crippen LogP) is 2.86. The summed E-state index contributed by atoms with van der Waals surface area (Å²) in [6.45, 7) is 0. The predicted molar refractivity (Wildman–Crippen MR) is 74.9 cm³/mol. The number of halogens is 3. The van der Waals surface area contributed by atoms with E-state index in [0.29, 0.717) is 5.69 Å². The second kappa shape index (κ2) is 6.30. The van der Waals surface area contributed by atoms with Crippen molar-refractivity contribution in [3.63, 3.8) is 0 Å². The topological polar surface area (TPSA) is 53.4 Å². The van der Waals surface area contributed by atoms with Crippen LogP contribution in [-0.2, 0) is 0 Å². The Bertz CT molecular complexity index is 714. The van der Waals surface area contributed by atoms with Crippen LogP contribution < -0.4 is 15.0 Å². The van der Waals surface area contributed by atoms with Crippen LogP contribution in [0.4, 0.5) is 13.2 Å². The van der Waals surface area contributed by atoms with E-state index >= 15 is 0 Å². The quantitative estimate of drug-likeness (QED) is 0.806. The smallest absolute Gasteiger partial charge is 0.446 e. The lowest BCUT2D eigenvalue weighted by Gasteiger charge is -2.10. The Kier molecular flexibility index (Phi) is 4.65. The Morgan fingerprint density at radius 3 is 2.27 bits per heavy atom. The van der Waals surface area contributed by atoms with Crippen LogP contribution in [-0.4, -0.2) is 29.5 Å². The molecule has 5 nitrogen and oxygen atoms in total. The molecule has 9 heteroatoms. The van der Waals surface area contributed by atoms with Crippen LogP contribution in [0.2, 0.25) is 0 Å². The third-order valence-electron chi connectivity index (χ3n) is 2.64. The van der Waals surface area contributed by atoms with Crippen molar-refractivity contribution in [3.8, 4) is 17.2 Å². The molecule has 0 fully saturated rings. The first-order valence-corrected chi connectivity index (χ1v) is 6.74. The van der Waals surface area contributed by atoms with Gasteiger partial charge in [-0.1, -0.05) is 0 Å². The molecule has 2 aromatic rings. The highest BCUT2D eigenvalue weighted by Gasteiger charge is 2.29. The number of rotatable bonds is 4. The maximum absolute atomic E-state index is 12.3. The molecule has 0 atom stereocenters. The van der Waals surface area contributed by atoms with Gasteiger partial charge in [0.05, 0.1) is 26.1 Å². The minimum atomic E-state index is -4.36. The van der Waals surface area contributed by atoms with E-state index < -0.39 is 11.1 Å². The van der Waals surface area contributed by atoms with Crippen molar-refractivity contribution in [1.29, 1.82) is 0 Å². The highest BCUT2D eigenvalue weighted by Crippen LogP contribution is 2.36. The van der Waals surface area contributed by atoms with Crippen LogP contribution in [0.1, 0.15) is 0 Å². The first-order chi connectivity index (χ1) is 10.4. The number of nitrogens with zero attached hydrogens (tertiary/aromatic N) is 2. The van der Waals surface area contributed by atoms with Crippen molar-refractivity contribution in [2.75, 3.05) is 14.2 Å². The third kappa shape index (κ3) is 3.53. The molecule has 1 aromatic heterocycles. The average molecular weight is 332 g/mol. The Balaban J connectivity index is 2.39. The molecule has 0 aliphatic rings. The molecule has 0 aliphatic heterocycles. The van der Waals surface area contributed by atoms with Crippen molar-refractivity contribution in [2.45, 2.75) is 10.4 Å². The summed E-state index contributed by atoms with van der Waals surface area (Å²) in [4.78, 5) is 12.2. The molecule has 0 unspecified atom stereocenters. The van der Waals surface area contributed by atoms with Gasteiger partial charge in [0.15, 0.2) is 5.75 Å². The van der Waals surface area contributed by atoms with E-state index in [1.807, 2.05) is 0 Å². The minimum absolute atomic E-state index is 0.0183. The standard InChI is InChI=1S/C13H11F3N2O3S/c1-20-10-7-17-18(12(19)11(10)21-2)8-3-5-9(6-4-8)22-13(14,15)16/h3-7H,1-2H3. The fourth-order valence-corrected chi connectivity index (χ4v) is 2.27. The summed E-state index contributed by atoms with van der Waals surface area (Å²) >= 11 is -0.230. The maximum Gasteiger partial charge on any atom is 0.446 e. The van der Waals surface area contributed by atoms with Gasteiger partial charge >= 0.3 is 11.1 Å². The Labute approximate surface area is 127 Å². The highest BCUT2D eigenvalue weighted by atomic mass is 32.2. The van der Waals surface area contributed by atoms with E-state index in [-0.39, 0.29) is 28.2 Å². The zero-order valence-corrected chi connectivity index (χ0v) is 12.4. The first kappa shape index (κ1) is 16.2. The van der Waals surface area contributed by atoms with E-state index in [1.54, 1.807) is 0 Å². The molecular formula is C13H11F3N2O3S. The zero-order valence-electron chi connectivity index (χ0n) is 11.5. The van der Waals surface area contributed by atoms with Gasteiger partial charge in [0, 0.05) is 4.90 Å². The number of thioether (sulfide) groups is 1. The normalized spacial score (nSPS) is 11.3. The van der Waals surface area contributed by atoms with E-state index in [2.05, 4.69) is 5.10 Å². The van der Waals surface area contributed by atoms with Crippen LogP contribution in [0.15, 0.2) is 40.2 Å². The van der Waals surface area contributed by atoms with E-state index in [1.165, 1.54) is 44.7 Å². The third-order valence-corrected chi connectivity index (χ3v) is 3.38. The molecule has 0 bridgehead atoms. The molecule has 118 valence electrons. The van der Waals surface area contributed by atoms with Gasteiger partial charge in [-0.05, 0) is 36.0 Å². The number of hydrogen-bond donors (Lipinski definition) is 0. The van der Waals surface area contributed by atoms with E-state index in [9.17, 15) is 18.0 Å². The Morgan fingerprint density at radius 1 is 1.14 bits per heavy atom. The zero-order chi connectivity index (χ0) is 16.3. The number of hydrogen-bond acceptors (Lipinski definition) is 5. The Morgan fingerprint density at radius 2 is 1.77 bits per heavy atom. The van der Waals surface area contributed by atoms with Gasteiger partial charge < -0.3 is 9.47 Å². The molecular weight excluding hydrogens is 321 g/mol. The summed E-state index contributed by atoms with van der Waals surface area (Å²) in [6.07, 6.45) is 1.29. The molecule has 0 radical (unpaired) electrons. The van der Waals surface area contributed by atoms with Crippen LogP contribution in [0, 0.1) is 0 Å². The van der Waals surface area contributed by atoms with Gasteiger partial charge in [0.25, 0.3) is 0 Å². The van der Waals surface area contributed by atoms with Crippen LogP contribution in [0.5, 0.6) is 11.5 Å². The van der Waals surface area contributed by atoms with Crippen LogP contribution in [0.3, 0.4) is 0 Å². The van der Waals surface area contributed by atoms with Crippen molar-refractivity contribution >= 4 is 11.8 Å². The monoisotopic (exact) mass is 332 g/mol.